The van der Waals surface area contributed by atoms with Gasteiger partial charge in [-0.2, -0.15) is 0 Å². The zero-order valence-electron chi connectivity index (χ0n) is 15.7. The van der Waals surface area contributed by atoms with E-state index in [0.717, 1.165) is 0 Å². The summed E-state index contributed by atoms with van der Waals surface area (Å²) in [6.07, 6.45) is 1.36. The molecule has 2 bridgehead atoms. The molecule has 1 aliphatic carbocycles. The van der Waals surface area contributed by atoms with Crippen molar-refractivity contribution in [3.63, 3.8) is 0 Å². The lowest BCUT2D eigenvalue weighted by Gasteiger charge is -2.47. The summed E-state index contributed by atoms with van der Waals surface area (Å²) >= 11 is 0. The van der Waals surface area contributed by atoms with Crippen LogP contribution in [-0.4, -0.2) is 34.1 Å². The molecule has 2 atom stereocenters. The summed E-state index contributed by atoms with van der Waals surface area (Å²) in [7, 11) is 0. The van der Waals surface area contributed by atoms with Crippen molar-refractivity contribution in [3.8, 4) is 0 Å². The van der Waals surface area contributed by atoms with Crippen LogP contribution in [0.3, 0.4) is 0 Å². The first-order valence-electron chi connectivity index (χ1n) is 8.98. The maximum absolute atomic E-state index is 12.9. The Hall–Kier alpha value is -2.77. The average Bonchev–Trinajstić information content (AvgIpc) is 2.79. The van der Waals surface area contributed by atoms with Crippen molar-refractivity contribution >= 4 is 29.1 Å². The van der Waals surface area contributed by atoms with Gasteiger partial charge < -0.3 is 5.32 Å². The minimum atomic E-state index is -0.583. The Labute approximate surface area is 157 Å². The van der Waals surface area contributed by atoms with Crippen LogP contribution in [0.15, 0.2) is 24.3 Å². The van der Waals surface area contributed by atoms with E-state index in [1.54, 1.807) is 0 Å². The number of non-ortho nitro benzene ring substituents is 1. The van der Waals surface area contributed by atoms with Crippen LogP contribution in [0, 0.1) is 26.9 Å². The van der Waals surface area contributed by atoms with E-state index in [0.29, 0.717) is 18.5 Å². The number of imide groups is 1. The quantitative estimate of drug-likeness (QED) is 0.485. The van der Waals surface area contributed by atoms with E-state index in [2.05, 4.69) is 5.32 Å². The third kappa shape index (κ3) is 2.98. The van der Waals surface area contributed by atoms with Gasteiger partial charge in [0.25, 0.3) is 5.69 Å². The molecular weight excluding hydrogens is 350 g/mol. The Morgan fingerprint density at radius 1 is 1.26 bits per heavy atom. The second-order valence-electron chi connectivity index (χ2n) is 8.04. The maximum Gasteiger partial charge on any atom is 0.269 e. The zero-order chi connectivity index (χ0) is 20.0. The molecule has 0 aromatic heterocycles. The first-order chi connectivity index (χ1) is 12.6. The van der Waals surface area contributed by atoms with Crippen molar-refractivity contribution in [1.82, 2.24) is 4.90 Å². The van der Waals surface area contributed by atoms with Gasteiger partial charge in [0.2, 0.25) is 17.7 Å². The normalized spacial score (nSPS) is 26.2. The predicted molar refractivity (Wildman–Crippen MR) is 97.7 cm³/mol. The van der Waals surface area contributed by atoms with Gasteiger partial charge in [0.1, 0.15) is 0 Å². The van der Waals surface area contributed by atoms with Gasteiger partial charge in [-0.1, -0.05) is 20.8 Å². The maximum atomic E-state index is 12.9. The van der Waals surface area contributed by atoms with Crippen LogP contribution in [0.1, 0.15) is 40.0 Å². The summed E-state index contributed by atoms with van der Waals surface area (Å²) in [5.74, 6) is -0.942. The predicted octanol–water partition coefficient (Wildman–Crippen LogP) is 2.73. The number of nitro benzene ring substituents is 1. The van der Waals surface area contributed by atoms with Gasteiger partial charge in [-0.3, -0.25) is 29.4 Å². The number of carbonyl (C=O) groups excluding carboxylic acids is 3. The van der Waals surface area contributed by atoms with E-state index >= 15 is 0 Å². The summed E-state index contributed by atoms with van der Waals surface area (Å²) in [5.41, 5.74) is -0.599. The lowest BCUT2D eigenvalue weighted by atomic mass is 9.62. The lowest BCUT2D eigenvalue weighted by molar-refractivity contribution is -0.384. The van der Waals surface area contributed by atoms with Crippen molar-refractivity contribution in [2.24, 2.45) is 16.7 Å². The number of nitrogens with zero attached hydrogens (tertiary/aromatic N) is 2. The van der Waals surface area contributed by atoms with Crippen molar-refractivity contribution in [2.75, 3.05) is 11.9 Å². The molecular formula is C19H23N3O5. The topological polar surface area (TPSA) is 110 Å². The average molecular weight is 373 g/mol. The molecule has 8 nitrogen and oxygen atoms in total. The van der Waals surface area contributed by atoms with E-state index < -0.39 is 10.3 Å². The van der Waals surface area contributed by atoms with Gasteiger partial charge in [-0.05, 0) is 30.4 Å². The highest BCUT2D eigenvalue weighted by Crippen LogP contribution is 2.60. The molecule has 3 rings (SSSR count). The summed E-state index contributed by atoms with van der Waals surface area (Å²) in [5, 5.41) is 13.3. The number of amides is 3. The monoisotopic (exact) mass is 373 g/mol. The number of carbonyl (C=O) groups is 3. The highest BCUT2D eigenvalue weighted by atomic mass is 16.6. The summed E-state index contributed by atoms with van der Waals surface area (Å²) < 4.78 is 0. The number of benzene rings is 1. The number of anilines is 1. The van der Waals surface area contributed by atoms with Gasteiger partial charge in [0.05, 0.1) is 10.3 Å². The Bertz CT molecular complexity index is 817. The number of fused-ring (bicyclic) bond motifs is 2. The van der Waals surface area contributed by atoms with Crippen molar-refractivity contribution in [3.05, 3.63) is 34.4 Å². The van der Waals surface area contributed by atoms with Crippen LogP contribution in [0.2, 0.25) is 0 Å². The highest BCUT2D eigenvalue weighted by molar-refractivity contribution is 6.04. The van der Waals surface area contributed by atoms with Crippen LogP contribution in [0.4, 0.5) is 11.4 Å². The minimum Gasteiger partial charge on any atom is -0.326 e. The molecule has 3 amide bonds. The molecule has 8 heteroatoms. The fourth-order valence-corrected chi connectivity index (χ4v) is 4.22. The van der Waals surface area contributed by atoms with Gasteiger partial charge >= 0.3 is 0 Å². The third-order valence-corrected chi connectivity index (χ3v) is 6.43. The number of nitrogens with one attached hydrogen (secondary N) is 1. The zero-order valence-corrected chi connectivity index (χ0v) is 15.7. The fraction of sp³-hybridized carbons (Fsp3) is 0.526. The van der Waals surface area contributed by atoms with Crippen molar-refractivity contribution in [1.29, 1.82) is 0 Å². The molecule has 144 valence electrons. The first-order valence-corrected chi connectivity index (χ1v) is 8.98. The second kappa shape index (κ2) is 6.44. The molecule has 1 aromatic rings. The molecule has 2 aliphatic rings. The van der Waals surface area contributed by atoms with Gasteiger partial charge in [0, 0.05) is 36.7 Å². The summed E-state index contributed by atoms with van der Waals surface area (Å²) in [6.45, 7) is 5.89. The van der Waals surface area contributed by atoms with E-state index in [-0.39, 0.29) is 47.7 Å². The first kappa shape index (κ1) is 19.0. The van der Waals surface area contributed by atoms with Crippen LogP contribution in [-0.2, 0) is 14.4 Å². The molecule has 1 saturated heterocycles. The van der Waals surface area contributed by atoms with E-state index in [1.807, 2.05) is 20.8 Å². The number of nitro groups is 1. The summed E-state index contributed by atoms with van der Waals surface area (Å²) in [4.78, 5) is 49.2. The molecule has 1 aliphatic heterocycles. The highest BCUT2D eigenvalue weighted by Gasteiger charge is 2.64. The summed E-state index contributed by atoms with van der Waals surface area (Å²) in [6, 6.07) is 5.48. The number of hydrogen-bond acceptors (Lipinski definition) is 5. The Morgan fingerprint density at radius 2 is 1.89 bits per heavy atom. The number of rotatable bonds is 5. The molecule has 1 N–H and O–H groups in total. The van der Waals surface area contributed by atoms with E-state index in [9.17, 15) is 24.5 Å². The van der Waals surface area contributed by atoms with Crippen molar-refractivity contribution < 1.29 is 19.3 Å². The van der Waals surface area contributed by atoms with Gasteiger partial charge in [0.15, 0.2) is 0 Å². The number of likely N-dealkylation sites (tertiary alicyclic amines) is 1. The van der Waals surface area contributed by atoms with Crippen LogP contribution >= 0.6 is 0 Å². The largest absolute Gasteiger partial charge is 0.326 e. The Morgan fingerprint density at radius 3 is 2.48 bits per heavy atom. The molecule has 1 saturated carbocycles. The Balaban J connectivity index is 1.63. The van der Waals surface area contributed by atoms with E-state index in [1.165, 1.54) is 29.2 Å². The van der Waals surface area contributed by atoms with Crippen LogP contribution in [0.5, 0.6) is 0 Å². The molecule has 2 fully saturated rings. The Kier molecular flexibility index (Phi) is 4.53. The van der Waals surface area contributed by atoms with E-state index in [4.69, 9.17) is 0 Å². The minimum absolute atomic E-state index is 0.0162. The second-order valence-corrected chi connectivity index (χ2v) is 8.04. The standard InChI is InChI=1S/C19H23N3O5/c1-18(2)14-8-10-19(18,3)17(25)21(16(14)24)11-9-15(23)20-12-4-6-13(7-5-12)22(26)27/h4-7,14H,8-11H2,1-3H3,(H,20,23). The fourth-order valence-electron chi connectivity index (χ4n) is 4.22. The molecule has 0 radical (unpaired) electrons. The molecule has 0 spiro atoms. The molecule has 2 unspecified atom stereocenters. The SMILES string of the molecule is CC12CCC(C(=O)N(CCC(=O)Nc3ccc([N+](=O)[O-])cc3)C1=O)C2(C)C. The van der Waals surface area contributed by atoms with Crippen LogP contribution < -0.4 is 5.32 Å². The molecule has 1 aromatic carbocycles. The third-order valence-electron chi connectivity index (χ3n) is 6.43. The smallest absolute Gasteiger partial charge is 0.269 e. The molecule has 27 heavy (non-hydrogen) atoms. The van der Waals surface area contributed by atoms with Gasteiger partial charge in [-0.25, -0.2) is 0 Å². The van der Waals surface area contributed by atoms with Crippen molar-refractivity contribution in [2.45, 2.75) is 40.0 Å². The number of piperidine rings is 1. The van der Waals surface area contributed by atoms with Crippen LogP contribution in [0.25, 0.3) is 0 Å². The lowest BCUT2D eigenvalue weighted by Crippen LogP contribution is -2.59. The molecule has 1 heterocycles. The number of hydrogen-bond donors (Lipinski definition) is 1. The van der Waals surface area contributed by atoms with Gasteiger partial charge in [-0.15, -0.1) is 0 Å².